The lowest BCUT2D eigenvalue weighted by Crippen LogP contribution is -1.99. The van der Waals surface area contributed by atoms with E-state index in [2.05, 4.69) is 31.9 Å². The fourth-order valence-corrected chi connectivity index (χ4v) is 2.34. The van der Waals surface area contributed by atoms with Gasteiger partial charge in [-0.05, 0) is 55.8 Å². The fourth-order valence-electron chi connectivity index (χ4n) is 0.707. The van der Waals surface area contributed by atoms with Crippen molar-refractivity contribution in [2.45, 2.75) is 10.4 Å². The van der Waals surface area contributed by atoms with Crippen LogP contribution in [-0.2, 0) is 0 Å². The van der Waals surface area contributed by atoms with E-state index in [-0.39, 0.29) is 25.6 Å². The number of hydrogen-bond acceptors (Lipinski definition) is 1. The first-order valence-corrected chi connectivity index (χ1v) is 5.60. The van der Waals surface area contributed by atoms with Gasteiger partial charge in [-0.3, -0.25) is 0 Å². The monoisotopic (exact) mass is 352 g/mol. The Labute approximate surface area is 98.3 Å². The molecule has 14 heavy (non-hydrogen) atoms. The van der Waals surface area contributed by atoms with Crippen molar-refractivity contribution in [3.8, 4) is 0 Å². The van der Waals surface area contributed by atoms with Crippen LogP contribution < -0.4 is 0 Å². The molecule has 0 fully saturated rings. The fraction of sp³-hybridized carbons (Fsp3) is 0.143. The van der Waals surface area contributed by atoms with Gasteiger partial charge in [-0.1, -0.05) is 0 Å². The van der Waals surface area contributed by atoms with Crippen LogP contribution in [0.4, 0.5) is 17.6 Å². The van der Waals surface area contributed by atoms with Crippen LogP contribution in [-0.4, -0.2) is 5.51 Å². The first kappa shape index (κ1) is 12.3. The summed E-state index contributed by atoms with van der Waals surface area (Å²) in [5.74, 6) is -0.608. The van der Waals surface area contributed by atoms with Gasteiger partial charge >= 0.3 is 5.51 Å². The Hall–Kier alpha value is 0.250. The van der Waals surface area contributed by atoms with Gasteiger partial charge in [-0.25, -0.2) is 4.39 Å². The lowest BCUT2D eigenvalue weighted by molar-refractivity contribution is -0.0328. The standard InChI is InChI=1S/C7H2Br2F4S/c8-3-2-6(14-7(11,12)13)4(9)1-5(3)10/h1-2H. The van der Waals surface area contributed by atoms with E-state index < -0.39 is 11.3 Å². The maximum Gasteiger partial charge on any atom is 0.446 e. The van der Waals surface area contributed by atoms with Crippen LogP contribution >= 0.6 is 43.6 Å². The SMILES string of the molecule is Fc1cc(Br)c(SC(F)(F)F)cc1Br. The van der Waals surface area contributed by atoms with Crippen LogP contribution in [0.5, 0.6) is 0 Å². The summed E-state index contributed by atoms with van der Waals surface area (Å²) in [5, 5.41) is 0. The van der Waals surface area contributed by atoms with Crippen LogP contribution in [0.3, 0.4) is 0 Å². The third-order valence-corrected chi connectivity index (χ3v) is 3.52. The molecule has 0 amide bonds. The van der Waals surface area contributed by atoms with Crippen molar-refractivity contribution in [1.82, 2.24) is 0 Å². The van der Waals surface area contributed by atoms with Gasteiger partial charge in [0, 0.05) is 9.37 Å². The Bertz CT molecular complexity index is 350. The molecule has 78 valence electrons. The predicted octanol–water partition coefficient (Wildman–Crippen LogP) is 4.96. The van der Waals surface area contributed by atoms with E-state index in [1.807, 2.05) is 0 Å². The minimum absolute atomic E-state index is 0.00690. The number of thioether (sulfide) groups is 1. The highest BCUT2D eigenvalue weighted by atomic mass is 79.9. The molecule has 1 aromatic rings. The smallest absolute Gasteiger partial charge is 0.206 e. The van der Waals surface area contributed by atoms with Crippen molar-refractivity contribution in [3.63, 3.8) is 0 Å². The summed E-state index contributed by atoms with van der Waals surface area (Å²) < 4.78 is 48.9. The van der Waals surface area contributed by atoms with E-state index in [4.69, 9.17) is 0 Å². The van der Waals surface area contributed by atoms with Crippen LogP contribution in [0.15, 0.2) is 26.0 Å². The van der Waals surface area contributed by atoms with Crippen molar-refractivity contribution in [2.75, 3.05) is 0 Å². The Kier molecular flexibility index (Phi) is 3.87. The normalized spacial score (nSPS) is 11.9. The first-order valence-electron chi connectivity index (χ1n) is 3.20. The topological polar surface area (TPSA) is 0 Å². The van der Waals surface area contributed by atoms with E-state index in [9.17, 15) is 17.6 Å². The maximum absolute atomic E-state index is 12.8. The Morgan fingerprint density at radius 2 is 1.64 bits per heavy atom. The molecule has 0 atom stereocenters. The summed E-state index contributed by atoms with van der Waals surface area (Å²) >= 11 is 5.37. The van der Waals surface area contributed by atoms with Crippen molar-refractivity contribution in [1.29, 1.82) is 0 Å². The Balaban J connectivity index is 3.04. The molecule has 0 unspecified atom stereocenters. The average molecular weight is 354 g/mol. The van der Waals surface area contributed by atoms with E-state index in [0.717, 1.165) is 12.1 Å². The summed E-state index contributed by atoms with van der Waals surface area (Å²) in [7, 11) is 0. The molecule has 0 aromatic heterocycles. The zero-order chi connectivity index (χ0) is 10.9. The summed E-state index contributed by atoms with van der Waals surface area (Å²) in [4.78, 5) is -0.0780. The van der Waals surface area contributed by atoms with Gasteiger partial charge in [0.2, 0.25) is 0 Å². The summed E-state index contributed by atoms with van der Waals surface area (Å²) in [6.45, 7) is 0. The van der Waals surface area contributed by atoms with Crippen molar-refractivity contribution in [2.24, 2.45) is 0 Å². The van der Waals surface area contributed by atoms with E-state index in [0.29, 0.717) is 0 Å². The molecule has 0 radical (unpaired) electrons. The van der Waals surface area contributed by atoms with Crippen LogP contribution in [0.1, 0.15) is 0 Å². The molecule has 1 aromatic carbocycles. The lowest BCUT2D eigenvalue weighted by atomic mass is 10.3. The highest BCUT2D eigenvalue weighted by molar-refractivity contribution is 9.11. The maximum atomic E-state index is 12.8. The zero-order valence-corrected chi connectivity index (χ0v) is 10.3. The molecule has 0 spiro atoms. The second-order valence-corrected chi connectivity index (χ2v) is 5.06. The quantitative estimate of drug-likeness (QED) is 0.390. The van der Waals surface area contributed by atoms with Crippen molar-refractivity contribution in [3.05, 3.63) is 26.9 Å². The number of alkyl halides is 3. The second-order valence-electron chi connectivity index (χ2n) is 2.24. The molecule has 0 saturated carbocycles. The van der Waals surface area contributed by atoms with Crippen LogP contribution in [0, 0.1) is 5.82 Å². The second kappa shape index (κ2) is 4.40. The van der Waals surface area contributed by atoms with Gasteiger partial charge < -0.3 is 0 Å². The third kappa shape index (κ3) is 3.43. The highest BCUT2D eigenvalue weighted by Gasteiger charge is 2.30. The molecular formula is C7H2Br2F4S. The Morgan fingerprint density at radius 3 is 2.14 bits per heavy atom. The van der Waals surface area contributed by atoms with Crippen LogP contribution in [0.2, 0.25) is 0 Å². The molecule has 1 rings (SSSR count). The summed E-state index contributed by atoms with van der Waals surface area (Å²) in [6.07, 6.45) is 0. The molecule has 0 aliphatic carbocycles. The highest BCUT2D eigenvalue weighted by Crippen LogP contribution is 2.41. The van der Waals surface area contributed by atoms with E-state index >= 15 is 0 Å². The van der Waals surface area contributed by atoms with Gasteiger partial charge in [-0.15, -0.1) is 0 Å². The van der Waals surface area contributed by atoms with E-state index in [1.54, 1.807) is 0 Å². The number of hydrogen-bond donors (Lipinski definition) is 0. The molecule has 0 heterocycles. The molecule has 0 aliphatic heterocycles. The molecule has 0 bridgehead atoms. The Morgan fingerprint density at radius 1 is 1.07 bits per heavy atom. The lowest BCUT2D eigenvalue weighted by Gasteiger charge is -2.08. The molecule has 0 nitrogen and oxygen atoms in total. The zero-order valence-electron chi connectivity index (χ0n) is 6.33. The molecular weight excluding hydrogens is 352 g/mol. The third-order valence-electron chi connectivity index (χ3n) is 1.20. The van der Waals surface area contributed by atoms with Crippen molar-refractivity contribution >= 4 is 43.6 Å². The van der Waals surface area contributed by atoms with Crippen LogP contribution in [0.25, 0.3) is 0 Å². The van der Waals surface area contributed by atoms with Crippen molar-refractivity contribution < 1.29 is 17.6 Å². The van der Waals surface area contributed by atoms with E-state index in [1.165, 1.54) is 0 Å². The predicted molar refractivity (Wildman–Crippen MR) is 53.7 cm³/mol. The van der Waals surface area contributed by atoms with Gasteiger partial charge in [-0.2, -0.15) is 13.2 Å². The summed E-state index contributed by atoms with van der Waals surface area (Å²) in [5.41, 5.74) is -4.38. The minimum Gasteiger partial charge on any atom is -0.206 e. The number of benzene rings is 1. The minimum atomic E-state index is -4.38. The largest absolute Gasteiger partial charge is 0.446 e. The average Bonchev–Trinajstić information content (AvgIpc) is 1.97. The van der Waals surface area contributed by atoms with Gasteiger partial charge in [0.15, 0.2) is 0 Å². The number of halogens is 6. The molecule has 7 heteroatoms. The molecule has 0 saturated heterocycles. The van der Waals surface area contributed by atoms with Gasteiger partial charge in [0.05, 0.1) is 4.47 Å². The number of rotatable bonds is 1. The molecule has 0 aliphatic rings. The first-order chi connectivity index (χ1) is 6.29. The van der Waals surface area contributed by atoms with Gasteiger partial charge in [0.1, 0.15) is 5.82 Å². The van der Waals surface area contributed by atoms with Gasteiger partial charge in [0.25, 0.3) is 0 Å². The summed E-state index contributed by atoms with van der Waals surface area (Å²) in [6, 6.07) is 2.07. The molecule has 0 N–H and O–H groups in total.